The molecule has 3 aromatic rings. The van der Waals surface area contributed by atoms with E-state index in [1.54, 1.807) is 4.68 Å². The summed E-state index contributed by atoms with van der Waals surface area (Å²) in [6.45, 7) is 10.4. The number of aromatic hydroxyl groups is 1. The topological polar surface area (TPSA) is 38.0 Å². The van der Waals surface area contributed by atoms with Crippen LogP contribution in [0, 0.1) is 13.8 Å². The fourth-order valence-corrected chi connectivity index (χ4v) is 2.94. The Hall–Kier alpha value is -2.55. The second-order valence-corrected chi connectivity index (χ2v) is 7.34. The summed E-state index contributed by atoms with van der Waals surface area (Å²) in [6.07, 6.45) is 0. The summed E-state index contributed by atoms with van der Waals surface area (Å²) in [6, 6.07) is 16.1. The minimum atomic E-state index is -0.215. The quantitative estimate of drug-likeness (QED) is 0.708. The highest BCUT2D eigenvalue weighted by Gasteiger charge is 2.29. The first-order valence-corrected chi connectivity index (χ1v) is 8.24. The van der Waals surface area contributed by atoms with Crippen LogP contribution in [0.1, 0.15) is 37.5 Å². The molecule has 0 aliphatic carbocycles. The molecule has 0 atom stereocenters. The van der Waals surface area contributed by atoms with E-state index in [-0.39, 0.29) is 11.3 Å². The number of rotatable bonds is 2. The van der Waals surface area contributed by atoms with Gasteiger partial charge in [-0.15, -0.1) is 0 Å². The summed E-state index contributed by atoms with van der Waals surface area (Å²) in [4.78, 5) is 0. The summed E-state index contributed by atoms with van der Waals surface area (Å²) >= 11 is 0. The van der Waals surface area contributed by atoms with Gasteiger partial charge in [-0.05, 0) is 42.5 Å². The van der Waals surface area contributed by atoms with Crippen molar-refractivity contribution < 1.29 is 5.11 Å². The maximum absolute atomic E-state index is 10.9. The number of hydrogen-bond acceptors (Lipinski definition) is 2. The van der Waals surface area contributed by atoms with Crippen molar-refractivity contribution >= 4 is 0 Å². The van der Waals surface area contributed by atoms with E-state index in [1.807, 2.05) is 36.4 Å². The van der Waals surface area contributed by atoms with Crippen LogP contribution in [0.2, 0.25) is 0 Å². The molecular weight excluding hydrogens is 296 g/mol. The van der Waals surface area contributed by atoms with Gasteiger partial charge in [-0.1, -0.05) is 57.2 Å². The fraction of sp³-hybridized carbons (Fsp3) is 0.286. The number of nitrogens with zero attached hydrogens (tertiary/aromatic N) is 2. The van der Waals surface area contributed by atoms with Crippen LogP contribution < -0.4 is 0 Å². The van der Waals surface area contributed by atoms with Crippen molar-refractivity contribution in [1.82, 2.24) is 9.78 Å². The summed E-state index contributed by atoms with van der Waals surface area (Å²) < 4.78 is 1.65. The summed E-state index contributed by atoms with van der Waals surface area (Å²) in [5, 5.41) is 15.7. The summed E-state index contributed by atoms with van der Waals surface area (Å²) in [7, 11) is 0. The van der Waals surface area contributed by atoms with Gasteiger partial charge in [0.05, 0.1) is 5.69 Å². The zero-order chi connectivity index (χ0) is 17.5. The molecule has 0 bridgehead atoms. The molecule has 0 aliphatic heterocycles. The van der Waals surface area contributed by atoms with Crippen LogP contribution in [0.5, 0.6) is 5.88 Å². The van der Waals surface area contributed by atoms with Crippen LogP contribution in [-0.2, 0) is 5.41 Å². The Labute approximate surface area is 143 Å². The van der Waals surface area contributed by atoms with Crippen molar-refractivity contribution in [2.45, 2.75) is 40.0 Å². The smallest absolute Gasteiger partial charge is 0.218 e. The molecule has 2 aromatic carbocycles. The minimum Gasteiger partial charge on any atom is -0.493 e. The molecule has 3 heteroatoms. The van der Waals surface area contributed by atoms with E-state index >= 15 is 0 Å². The van der Waals surface area contributed by atoms with Crippen molar-refractivity contribution in [1.29, 1.82) is 0 Å². The van der Waals surface area contributed by atoms with Gasteiger partial charge < -0.3 is 5.11 Å². The first-order chi connectivity index (χ1) is 11.3. The second kappa shape index (κ2) is 5.82. The molecule has 1 aromatic heterocycles. The Morgan fingerprint density at radius 3 is 2.17 bits per heavy atom. The first-order valence-electron chi connectivity index (χ1n) is 8.24. The molecule has 0 saturated carbocycles. The Morgan fingerprint density at radius 2 is 1.58 bits per heavy atom. The average molecular weight is 320 g/mol. The molecule has 0 radical (unpaired) electrons. The third kappa shape index (κ3) is 2.82. The lowest BCUT2D eigenvalue weighted by atomic mass is 9.85. The van der Waals surface area contributed by atoms with Gasteiger partial charge in [-0.3, -0.25) is 0 Å². The molecule has 1 N–H and O–H groups in total. The third-order valence-electron chi connectivity index (χ3n) is 4.39. The molecule has 0 fully saturated rings. The van der Waals surface area contributed by atoms with Crippen molar-refractivity contribution in [3.8, 4) is 22.8 Å². The van der Waals surface area contributed by atoms with E-state index in [9.17, 15) is 5.11 Å². The highest BCUT2D eigenvalue weighted by Crippen LogP contribution is 2.40. The lowest BCUT2D eigenvalue weighted by Crippen LogP contribution is -2.12. The number of aromatic nitrogens is 2. The highest BCUT2D eigenvalue weighted by molar-refractivity contribution is 5.68. The summed E-state index contributed by atoms with van der Waals surface area (Å²) in [5.41, 5.74) is 5.79. The molecule has 124 valence electrons. The lowest BCUT2D eigenvalue weighted by molar-refractivity contribution is 0.414. The van der Waals surface area contributed by atoms with Gasteiger partial charge in [0.15, 0.2) is 0 Å². The lowest BCUT2D eigenvalue weighted by Gasteiger charge is -2.19. The molecule has 0 amide bonds. The Bertz CT molecular complexity index is 871. The maximum Gasteiger partial charge on any atom is 0.218 e. The Morgan fingerprint density at radius 1 is 0.917 bits per heavy atom. The van der Waals surface area contributed by atoms with Crippen LogP contribution in [-0.4, -0.2) is 14.9 Å². The van der Waals surface area contributed by atoms with E-state index in [1.165, 1.54) is 11.1 Å². The van der Waals surface area contributed by atoms with Crippen molar-refractivity contribution in [3.05, 3.63) is 65.2 Å². The maximum atomic E-state index is 10.9. The van der Waals surface area contributed by atoms with E-state index in [0.29, 0.717) is 0 Å². The SMILES string of the molecule is Cc1ccc(-n2nc(-c3ccccc3)c(C(C)(C)C)c2O)cc1C. The largest absolute Gasteiger partial charge is 0.493 e. The van der Waals surface area contributed by atoms with Gasteiger partial charge in [-0.25, -0.2) is 4.68 Å². The van der Waals surface area contributed by atoms with E-state index in [2.05, 4.69) is 46.8 Å². The molecule has 0 spiro atoms. The normalized spacial score (nSPS) is 11.7. The van der Waals surface area contributed by atoms with Crippen molar-refractivity contribution in [3.63, 3.8) is 0 Å². The molecule has 3 nitrogen and oxygen atoms in total. The van der Waals surface area contributed by atoms with Crippen LogP contribution in [0.25, 0.3) is 16.9 Å². The Balaban J connectivity index is 2.26. The average Bonchev–Trinajstić information content (AvgIpc) is 2.88. The number of hydrogen-bond donors (Lipinski definition) is 1. The van der Waals surface area contributed by atoms with Gasteiger partial charge >= 0.3 is 0 Å². The standard InChI is InChI=1S/C21H24N2O/c1-14-11-12-17(13-15(14)2)23-20(24)18(21(3,4)5)19(22-23)16-9-7-6-8-10-16/h6-13,24H,1-5H3. The van der Waals surface area contributed by atoms with E-state index < -0.39 is 0 Å². The molecule has 0 aliphatic rings. The fourth-order valence-electron chi connectivity index (χ4n) is 2.94. The van der Waals surface area contributed by atoms with Crippen LogP contribution in [0.4, 0.5) is 0 Å². The van der Waals surface area contributed by atoms with Crippen LogP contribution in [0.15, 0.2) is 48.5 Å². The van der Waals surface area contributed by atoms with Crippen LogP contribution >= 0.6 is 0 Å². The minimum absolute atomic E-state index is 0.213. The van der Waals surface area contributed by atoms with Gasteiger partial charge in [0.25, 0.3) is 0 Å². The number of benzene rings is 2. The van der Waals surface area contributed by atoms with Crippen molar-refractivity contribution in [2.24, 2.45) is 0 Å². The van der Waals surface area contributed by atoms with Gasteiger partial charge in [0.2, 0.25) is 5.88 Å². The first kappa shape index (κ1) is 16.3. The monoisotopic (exact) mass is 320 g/mol. The molecule has 1 heterocycles. The third-order valence-corrected chi connectivity index (χ3v) is 4.39. The van der Waals surface area contributed by atoms with Gasteiger partial charge in [0.1, 0.15) is 5.69 Å². The molecular formula is C21H24N2O. The summed E-state index contributed by atoms with van der Waals surface area (Å²) in [5.74, 6) is 0.213. The van der Waals surface area contributed by atoms with Crippen LogP contribution in [0.3, 0.4) is 0 Å². The van der Waals surface area contributed by atoms with E-state index in [0.717, 1.165) is 22.5 Å². The molecule has 0 saturated heterocycles. The molecule has 3 rings (SSSR count). The zero-order valence-electron chi connectivity index (χ0n) is 15.0. The molecule has 0 unspecified atom stereocenters. The second-order valence-electron chi connectivity index (χ2n) is 7.34. The number of aryl methyl sites for hydroxylation is 2. The highest BCUT2D eigenvalue weighted by atomic mass is 16.3. The molecule has 24 heavy (non-hydrogen) atoms. The van der Waals surface area contributed by atoms with Gasteiger partial charge in [0, 0.05) is 11.1 Å². The Kier molecular flexibility index (Phi) is 3.96. The predicted octanol–water partition coefficient (Wildman–Crippen LogP) is 5.16. The predicted molar refractivity (Wildman–Crippen MR) is 98.8 cm³/mol. The van der Waals surface area contributed by atoms with Gasteiger partial charge in [-0.2, -0.15) is 5.10 Å². The zero-order valence-corrected chi connectivity index (χ0v) is 15.0. The van der Waals surface area contributed by atoms with E-state index in [4.69, 9.17) is 5.10 Å². The van der Waals surface area contributed by atoms with Crippen molar-refractivity contribution in [2.75, 3.05) is 0 Å².